The van der Waals surface area contributed by atoms with Crippen LogP contribution in [0.4, 0.5) is 0 Å². The van der Waals surface area contributed by atoms with E-state index in [-0.39, 0.29) is 12.3 Å². The summed E-state index contributed by atoms with van der Waals surface area (Å²) in [7, 11) is 0. The van der Waals surface area contributed by atoms with Gasteiger partial charge in [-0.15, -0.1) is 6.58 Å². The van der Waals surface area contributed by atoms with E-state index < -0.39 is 11.4 Å². The standard InChI is InChI=1S/C11H19NO3S/c1-4-6-16-7-5-12-9(13)8-11(2,3)10(14)15/h4H,1,5-8H2,2-3H3,(H,12,13)(H,14,15). The van der Waals surface area contributed by atoms with Gasteiger partial charge >= 0.3 is 5.97 Å². The number of hydrogen-bond donors (Lipinski definition) is 2. The number of carboxylic acids is 1. The second-order valence-electron chi connectivity index (χ2n) is 4.08. The van der Waals surface area contributed by atoms with Gasteiger partial charge < -0.3 is 10.4 Å². The zero-order chi connectivity index (χ0) is 12.6. The molecule has 0 rings (SSSR count). The minimum atomic E-state index is -1.00. The monoisotopic (exact) mass is 245 g/mol. The molecule has 0 bridgehead atoms. The van der Waals surface area contributed by atoms with E-state index in [4.69, 9.17) is 5.11 Å². The predicted octanol–water partition coefficient (Wildman–Crippen LogP) is 1.52. The molecule has 92 valence electrons. The topological polar surface area (TPSA) is 66.4 Å². The first kappa shape index (κ1) is 15.0. The quantitative estimate of drug-likeness (QED) is 0.502. The number of nitrogens with one attached hydrogen (secondary N) is 1. The minimum Gasteiger partial charge on any atom is -0.481 e. The molecule has 16 heavy (non-hydrogen) atoms. The summed E-state index contributed by atoms with van der Waals surface area (Å²) in [6.45, 7) is 7.24. The van der Waals surface area contributed by atoms with Crippen molar-refractivity contribution in [2.24, 2.45) is 5.41 Å². The number of hydrogen-bond acceptors (Lipinski definition) is 3. The fourth-order valence-corrected chi connectivity index (χ4v) is 1.55. The summed E-state index contributed by atoms with van der Waals surface area (Å²) in [5, 5.41) is 11.5. The van der Waals surface area contributed by atoms with Crippen molar-refractivity contribution in [1.82, 2.24) is 5.32 Å². The average molecular weight is 245 g/mol. The van der Waals surface area contributed by atoms with Crippen LogP contribution in [0.25, 0.3) is 0 Å². The van der Waals surface area contributed by atoms with Crippen LogP contribution in [0, 0.1) is 5.41 Å². The fourth-order valence-electron chi connectivity index (χ4n) is 0.969. The highest BCUT2D eigenvalue weighted by atomic mass is 32.2. The second kappa shape index (κ2) is 7.33. The first-order valence-corrected chi connectivity index (χ1v) is 6.24. The molecule has 0 saturated heterocycles. The van der Waals surface area contributed by atoms with E-state index in [0.717, 1.165) is 11.5 Å². The average Bonchev–Trinajstić information content (AvgIpc) is 2.16. The third kappa shape index (κ3) is 6.50. The van der Waals surface area contributed by atoms with E-state index in [9.17, 15) is 9.59 Å². The molecule has 0 aliphatic rings. The molecule has 0 unspecified atom stereocenters. The van der Waals surface area contributed by atoms with Gasteiger partial charge in [0.25, 0.3) is 0 Å². The minimum absolute atomic E-state index is 0.00839. The van der Waals surface area contributed by atoms with Gasteiger partial charge in [-0.3, -0.25) is 9.59 Å². The molecule has 0 fully saturated rings. The lowest BCUT2D eigenvalue weighted by Crippen LogP contribution is -2.34. The maximum atomic E-state index is 11.4. The van der Waals surface area contributed by atoms with Gasteiger partial charge in [0.1, 0.15) is 0 Å². The smallest absolute Gasteiger partial charge is 0.309 e. The number of carbonyl (C=O) groups is 2. The maximum Gasteiger partial charge on any atom is 0.309 e. The van der Waals surface area contributed by atoms with E-state index in [1.807, 2.05) is 0 Å². The number of carboxylic acid groups (broad SMARTS) is 1. The van der Waals surface area contributed by atoms with Crippen molar-refractivity contribution >= 4 is 23.6 Å². The van der Waals surface area contributed by atoms with Gasteiger partial charge in [0.2, 0.25) is 5.91 Å². The Bertz CT molecular complexity index is 264. The van der Waals surface area contributed by atoms with Crippen LogP contribution < -0.4 is 5.32 Å². The van der Waals surface area contributed by atoms with Crippen molar-refractivity contribution in [1.29, 1.82) is 0 Å². The highest BCUT2D eigenvalue weighted by Crippen LogP contribution is 2.19. The van der Waals surface area contributed by atoms with Crippen molar-refractivity contribution in [3.8, 4) is 0 Å². The summed E-state index contributed by atoms with van der Waals surface area (Å²) >= 11 is 1.67. The van der Waals surface area contributed by atoms with Crippen LogP contribution in [0.3, 0.4) is 0 Å². The molecule has 5 heteroatoms. The molecule has 1 amide bonds. The van der Waals surface area contributed by atoms with Gasteiger partial charge in [-0.2, -0.15) is 11.8 Å². The molecule has 0 aliphatic heterocycles. The Kier molecular flexibility index (Phi) is 6.88. The molecule has 0 radical (unpaired) electrons. The number of carbonyl (C=O) groups excluding carboxylic acids is 1. The predicted molar refractivity (Wildman–Crippen MR) is 66.6 cm³/mol. The van der Waals surface area contributed by atoms with Gasteiger partial charge in [0.05, 0.1) is 5.41 Å². The molecule has 4 nitrogen and oxygen atoms in total. The van der Waals surface area contributed by atoms with Gasteiger partial charge in [0.15, 0.2) is 0 Å². The van der Waals surface area contributed by atoms with E-state index >= 15 is 0 Å². The van der Waals surface area contributed by atoms with Crippen molar-refractivity contribution in [3.05, 3.63) is 12.7 Å². The van der Waals surface area contributed by atoms with Crippen LogP contribution in [0.5, 0.6) is 0 Å². The maximum absolute atomic E-state index is 11.4. The Morgan fingerprint density at radius 2 is 2.12 bits per heavy atom. The zero-order valence-electron chi connectivity index (χ0n) is 9.78. The highest BCUT2D eigenvalue weighted by molar-refractivity contribution is 7.99. The van der Waals surface area contributed by atoms with E-state index in [0.29, 0.717) is 6.54 Å². The van der Waals surface area contributed by atoms with Crippen molar-refractivity contribution in [2.45, 2.75) is 20.3 Å². The van der Waals surface area contributed by atoms with Crippen LogP contribution in [0.1, 0.15) is 20.3 Å². The van der Waals surface area contributed by atoms with E-state index in [1.165, 1.54) is 0 Å². The summed E-state index contributed by atoms with van der Waals surface area (Å²) in [5.41, 5.74) is -1.00. The Labute approximate surface area is 100 Å². The molecule has 0 atom stereocenters. The third-order valence-corrected chi connectivity index (χ3v) is 2.95. The molecule has 0 aliphatic carbocycles. The molecule has 2 N–H and O–H groups in total. The Hall–Kier alpha value is -0.970. The molecular weight excluding hydrogens is 226 g/mol. The van der Waals surface area contributed by atoms with Crippen LogP contribution in [0.2, 0.25) is 0 Å². The van der Waals surface area contributed by atoms with Crippen LogP contribution in [0.15, 0.2) is 12.7 Å². The summed E-state index contributed by atoms with van der Waals surface area (Å²) in [6, 6.07) is 0. The zero-order valence-corrected chi connectivity index (χ0v) is 10.6. The molecule has 0 aromatic rings. The lowest BCUT2D eigenvalue weighted by Gasteiger charge is -2.18. The first-order valence-electron chi connectivity index (χ1n) is 5.09. The Balaban J connectivity index is 3.74. The molecule has 0 aromatic carbocycles. The van der Waals surface area contributed by atoms with Crippen molar-refractivity contribution in [3.63, 3.8) is 0 Å². The Morgan fingerprint density at radius 1 is 1.50 bits per heavy atom. The SMILES string of the molecule is C=CCSCCNC(=O)CC(C)(C)C(=O)O. The highest BCUT2D eigenvalue weighted by Gasteiger charge is 2.29. The molecular formula is C11H19NO3S. The molecule has 0 spiro atoms. The van der Waals surface area contributed by atoms with Gasteiger partial charge in [-0.1, -0.05) is 6.08 Å². The van der Waals surface area contributed by atoms with Crippen LogP contribution >= 0.6 is 11.8 Å². The Morgan fingerprint density at radius 3 is 2.62 bits per heavy atom. The summed E-state index contributed by atoms with van der Waals surface area (Å²) in [4.78, 5) is 22.2. The van der Waals surface area contributed by atoms with Gasteiger partial charge in [-0.05, 0) is 13.8 Å². The van der Waals surface area contributed by atoms with Gasteiger partial charge in [-0.25, -0.2) is 0 Å². The number of rotatable bonds is 8. The van der Waals surface area contributed by atoms with Crippen LogP contribution in [-0.4, -0.2) is 35.0 Å². The summed E-state index contributed by atoms with van der Waals surface area (Å²) < 4.78 is 0. The number of amides is 1. The van der Waals surface area contributed by atoms with E-state index in [1.54, 1.807) is 31.7 Å². The second-order valence-corrected chi connectivity index (χ2v) is 5.23. The van der Waals surface area contributed by atoms with Crippen molar-refractivity contribution < 1.29 is 14.7 Å². The molecule has 0 aromatic heterocycles. The first-order chi connectivity index (χ1) is 7.40. The number of thioether (sulfide) groups is 1. The molecule has 0 saturated carbocycles. The lowest BCUT2D eigenvalue weighted by atomic mass is 9.89. The fraction of sp³-hybridized carbons (Fsp3) is 0.636. The summed E-state index contributed by atoms with van der Waals surface area (Å²) in [6.07, 6.45) is 1.81. The third-order valence-electron chi connectivity index (χ3n) is 1.99. The van der Waals surface area contributed by atoms with Crippen LogP contribution in [-0.2, 0) is 9.59 Å². The summed E-state index contributed by atoms with van der Waals surface area (Å²) in [5.74, 6) is 0.497. The normalized spacial score (nSPS) is 10.9. The number of aliphatic carboxylic acids is 1. The van der Waals surface area contributed by atoms with Crippen molar-refractivity contribution in [2.75, 3.05) is 18.1 Å². The molecule has 0 heterocycles. The van der Waals surface area contributed by atoms with E-state index in [2.05, 4.69) is 11.9 Å². The lowest BCUT2D eigenvalue weighted by molar-refractivity contribution is -0.149. The van der Waals surface area contributed by atoms with Gasteiger partial charge in [0, 0.05) is 24.5 Å². The largest absolute Gasteiger partial charge is 0.481 e.